The SMILES string of the molecule is NC(=S)c1ccc(Cl)cc1NCC1CCSC1. The minimum atomic E-state index is 0.407. The summed E-state index contributed by atoms with van der Waals surface area (Å²) in [6.07, 6.45) is 1.28. The number of nitrogens with two attached hydrogens (primary N) is 1. The van der Waals surface area contributed by atoms with Gasteiger partial charge in [0.1, 0.15) is 4.99 Å². The summed E-state index contributed by atoms with van der Waals surface area (Å²) >= 11 is 13.0. The van der Waals surface area contributed by atoms with E-state index in [1.54, 1.807) is 0 Å². The van der Waals surface area contributed by atoms with Gasteiger partial charge < -0.3 is 11.1 Å². The van der Waals surface area contributed by atoms with Crippen LogP contribution in [-0.4, -0.2) is 23.0 Å². The molecule has 17 heavy (non-hydrogen) atoms. The van der Waals surface area contributed by atoms with Crippen molar-refractivity contribution in [1.82, 2.24) is 0 Å². The van der Waals surface area contributed by atoms with Crippen LogP contribution in [0.25, 0.3) is 0 Å². The monoisotopic (exact) mass is 286 g/mol. The van der Waals surface area contributed by atoms with Crippen molar-refractivity contribution in [2.24, 2.45) is 11.7 Å². The number of thiocarbonyl (C=S) groups is 1. The number of halogens is 1. The molecule has 1 aliphatic heterocycles. The van der Waals surface area contributed by atoms with Crippen LogP contribution >= 0.6 is 35.6 Å². The molecule has 1 saturated heterocycles. The highest BCUT2D eigenvalue weighted by molar-refractivity contribution is 7.99. The fourth-order valence-electron chi connectivity index (χ4n) is 1.88. The van der Waals surface area contributed by atoms with Crippen LogP contribution in [0.1, 0.15) is 12.0 Å². The third-order valence-electron chi connectivity index (χ3n) is 2.85. The first-order chi connectivity index (χ1) is 8.16. The summed E-state index contributed by atoms with van der Waals surface area (Å²) < 4.78 is 0. The molecule has 1 fully saturated rings. The van der Waals surface area contributed by atoms with Crippen molar-refractivity contribution in [2.45, 2.75) is 6.42 Å². The van der Waals surface area contributed by atoms with E-state index >= 15 is 0 Å². The van der Waals surface area contributed by atoms with E-state index in [0.29, 0.717) is 10.0 Å². The molecule has 2 rings (SSSR count). The molecule has 3 N–H and O–H groups in total. The highest BCUT2D eigenvalue weighted by Crippen LogP contribution is 2.26. The van der Waals surface area contributed by atoms with E-state index in [9.17, 15) is 0 Å². The summed E-state index contributed by atoms with van der Waals surface area (Å²) in [4.78, 5) is 0.407. The minimum Gasteiger partial charge on any atom is -0.389 e. The van der Waals surface area contributed by atoms with Crippen molar-refractivity contribution >= 4 is 46.3 Å². The van der Waals surface area contributed by atoms with E-state index in [0.717, 1.165) is 23.7 Å². The van der Waals surface area contributed by atoms with E-state index in [2.05, 4.69) is 5.32 Å². The third kappa shape index (κ3) is 3.50. The van der Waals surface area contributed by atoms with Gasteiger partial charge in [0.2, 0.25) is 0 Å². The molecule has 92 valence electrons. The third-order valence-corrected chi connectivity index (χ3v) is 4.54. The zero-order valence-corrected chi connectivity index (χ0v) is 11.8. The molecule has 1 heterocycles. The Morgan fingerprint density at radius 3 is 3.06 bits per heavy atom. The molecule has 1 aromatic rings. The Labute approximate surface area is 116 Å². The largest absolute Gasteiger partial charge is 0.389 e. The van der Waals surface area contributed by atoms with Crippen molar-refractivity contribution in [3.8, 4) is 0 Å². The number of benzene rings is 1. The zero-order valence-electron chi connectivity index (χ0n) is 9.41. The molecule has 0 spiro atoms. The van der Waals surface area contributed by atoms with Crippen LogP contribution in [-0.2, 0) is 0 Å². The van der Waals surface area contributed by atoms with Crippen molar-refractivity contribution in [3.63, 3.8) is 0 Å². The molecule has 0 aromatic heterocycles. The number of anilines is 1. The topological polar surface area (TPSA) is 38.0 Å². The van der Waals surface area contributed by atoms with Gasteiger partial charge >= 0.3 is 0 Å². The van der Waals surface area contributed by atoms with Gasteiger partial charge in [-0.05, 0) is 42.0 Å². The van der Waals surface area contributed by atoms with Gasteiger partial charge in [-0.15, -0.1) is 0 Å². The summed E-state index contributed by atoms with van der Waals surface area (Å²) in [5, 5.41) is 4.11. The predicted molar refractivity (Wildman–Crippen MR) is 81.3 cm³/mol. The van der Waals surface area contributed by atoms with Crippen molar-refractivity contribution < 1.29 is 0 Å². The lowest BCUT2D eigenvalue weighted by atomic mass is 10.1. The molecular formula is C12H15ClN2S2. The van der Waals surface area contributed by atoms with E-state index < -0.39 is 0 Å². The van der Waals surface area contributed by atoms with Gasteiger partial charge in [-0.1, -0.05) is 23.8 Å². The molecule has 0 bridgehead atoms. The van der Waals surface area contributed by atoms with Gasteiger partial charge in [0.15, 0.2) is 0 Å². The normalized spacial score (nSPS) is 19.2. The molecule has 1 unspecified atom stereocenters. The second-order valence-corrected chi connectivity index (χ2v) is 6.19. The maximum absolute atomic E-state index is 5.99. The Bertz CT molecular complexity index is 417. The summed E-state index contributed by atoms with van der Waals surface area (Å²) in [6, 6.07) is 5.57. The van der Waals surface area contributed by atoms with E-state index in [-0.39, 0.29) is 0 Å². The minimum absolute atomic E-state index is 0.407. The summed E-state index contributed by atoms with van der Waals surface area (Å²) in [5.41, 5.74) is 7.51. The van der Waals surface area contributed by atoms with Gasteiger partial charge in [0.25, 0.3) is 0 Å². The molecule has 0 saturated carbocycles. The highest BCUT2D eigenvalue weighted by Gasteiger charge is 2.15. The Morgan fingerprint density at radius 2 is 2.41 bits per heavy atom. The lowest BCUT2D eigenvalue weighted by Crippen LogP contribution is -2.17. The lowest BCUT2D eigenvalue weighted by Gasteiger charge is -2.14. The molecule has 1 aliphatic rings. The maximum atomic E-state index is 5.99. The summed E-state index contributed by atoms with van der Waals surface area (Å²) in [5.74, 6) is 3.23. The van der Waals surface area contributed by atoms with Gasteiger partial charge in [-0.2, -0.15) is 11.8 Å². The maximum Gasteiger partial charge on any atom is 0.106 e. The van der Waals surface area contributed by atoms with E-state index in [4.69, 9.17) is 29.6 Å². The lowest BCUT2D eigenvalue weighted by molar-refractivity contribution is 0.632. The van der Waals surface area contributed by atoms with Crippen LogP contribution in [0.15, 0.2) is 18.2 Å². The van der Waals surface area contributed by atoms with Gasteiger partial charge in [-0.3, -0.25) is 0 Å². The van der Waals surface area contributed by atoms with Crippen LogP contribution < -0.4 is 11.1 Å². The van der Waals surface area contributed by atoms with Crippen LogP contribution in [0.4, 0.5) is 5.69 Å². The number of nitrogens with one attached hydrogen (secondary N) is 1. The van der Waals surface area contributed by atoms with Gasteiger partial charge in [0.05, 0.1) is 0 Å². The first kappa shape index (κ1) is 13.0. The standard InChI is InChI=1S/C12H15ClN2S2/c13-9-1-2-10(12(14)16)11(5-9)15-6-8-3-4-17-7-8/h1-2,5,8,15H,3-4,6-7H2,(H2,14,16). The zero-order chi connectivity index (χ0) is 12.3. The summed E-state index contributed by atoms with van der Waals surface area (Å²) in [6.45, 7) is 0.961. The fraction of sp³-hybridized carbons (Fsp3) is 0.417. The Kier molecular flexibility index (Phi) is 4.54. The molecule has 0 radical (unpaired) electrons. The number of rotatable bonds is 4. The number of thioether (sulfide) groups is 1. The van der Waals surface area contributed by atoms with Crippen LogP contribution in [0.2, 0.25) is 5.02 Å². The van der Waals surface area contributed by atoms with Crippen LogP contribution in [0, 0.1) is 5.92 Å². The van der Waals surface area contributed by atoms with E-state index in [1.807, 2.05) is 30.0 Å². The highest BCUT2D eigenvalue weighted by atomic mass is 35.5. The Balaban J connectivity index is 2.07. The second-order valence-electron chi connectivity index (χ2n) is 4.16. The summed E-state index contributed by atoms with van der Waals surface area (Å²) in [7, 11) is 0. The molecule has 5 heteroatoms. The van der Waals surface area contributed by atoms with Crippen molar-refractivity contribution in [2.75, 3.05) is 23.4 Å². The number of hydrogen-bond donors (Lipinski definition) is 2. The fourth-order valence-corrected chi connectivity index (χ4v) is 3.51. The molecule has 0 amide bonds. The average molecular weight is 287 g/mol. The van der Waals surface area contributed by atoms with Crippen molar-refractivity contribution in [1.29, 1.82) is 0 Å². The molecule has 1 atom stereocenters. The Morgan fingerprint density at radius 1 is 1.59 bits per heavy atom. The van der Waals surface area contributed by atoms with Gasteiger partial charge in [-0.25, -0.2) is 0 Å². The van der Waals surface area contributed by atoms with E-state index in [1.165, 1.54) is 17.9 Å². The van der Waals surface area contributed by atoms with Crippen LogP contribution in [0.5, 0.6) is 0 Å². The van der Waals surface area contributed by atoms with Gasteiger partial charge in [0, 0.05) is 22.8 Å². The second kappa shape index (κ2) is 5.94. The molecular weight excluding hydrogens is 272 g/mol. The first-order valence-electron chi connectivity index (χ1n) is 5.58. The predicted octanol–water partition coefficient (Wildman–Crippen LogP) is 3.14. The van der Waals surface area contributed by atoms with Crippen LogP contribution in [0.3, 0.4) is 0 Å². The quantitative estimate of drug-likeness (QED) is 0.834. The smallest absolute Gasteiger partial charge is 0.106 e. The molecule has 2 nitrogen and oxygen atoms in total. The van der Waals surface area contributed by atoms with Crippen molar-refractivity contribution in [3.05, 3.63) is 28.8 Å². The number of hydrogen-bond acceptors (Lipinski definition) is 3. The molecule has 1 aromatic carbocycles. The average Bonchev–Trinajstić information content (AvgIpc) is 2.78. The Hall–Kier alpha value is -0.450. The first-order valence-corrected chi connectivity index (χ1v) is 7.52. The molecule has 0 aliphatic carbocycles.